The van der Waals surface area contributed by atoms with Crippen LogP contribution in [-0.4, -0.2) is 11.1 Å². The molecular weight excluding hydrogens is 259 g/mol. The number of halogens is 2. The Kier molecular flexibility index (Phi) is 4.84. The van der Waals surface area contributed by atoms with Gasteiger partial charge >= 0.3 is 5.97 Å². The summed E-state index contributed by atoms with van der Waals surface area (Å²) in [5.74, 6) is -0.766. The van der Waals surface area contributed by atoms with Crippen molar-refractivity contribution in [1.82, 2.24) is 0 Å². The maximum absolute atomic E-state index is 10.7. The van der Waals surface area contributed by atoms with Gasteiger partial charge in [-0.2, -0.15) is 0 Å². The van der Waals surface area contributed by atoms with Crippen LogP contribution in [0.15, 0.2) is 18.2 Å². The van der Waals surface area contributed by atoms with Gasteiger partial charge in [0.05, 0.1) is 6.42 Å². The normalized spacial score (nSPS) is 11.5. The van der Waals surface area contributed by atoms with E-state index < -0.39 is 5.97 Å². The van der Waals surface area contributed by atoms with E-state index in [1.165, 1.54) is 0 Å². The molecule has 17 heavy (non-hydrogen) atoms. The van der Waals surface area contributed by atoms with Crippen molar-refractivity contribution in [2.45, 2.75) is 33.1 Å². The molecule has 1 rings (SSSR count). The molecule has 0 aromatic heterocycles. The first-order valence-corrected chi connectivity index (χ1v) is 6.21. The van der Waals surface area contributed by atoms with Crippen LogP contribution >= 0.6 is 23.2 Å². The lowest BCUT2D eigenvalue weighted by atomic mass is 9.83. The third-order valence-electron chi connectivity index (χ3n) is 2.72. The Balaban J connectivity index is 2.64. The quantitative estimate of drug-likeness (QED) is 0.863. The first-order chi connectivity index (χ1) is 7.80. The van der Waals surface area contributed by atoms with Gasteiger partial charge in [0.2, 0.25) is 0 Å². The van der Waals surface area contributed by atoms with Crippen LogP contribution in [0, 0.1) is 5.41 Å². The van der Waals surface area contributed by atoms with Crippen LogP contribution in [0.25, 0.3) is 0 Å². The molecule has 1 aromatic rings. The molecule has 0 bridgehead atoms. The average Bonchev–Trinajstić information content (AvgIpc) is 2.14. The molecule has 0 saturated heterocycles. The summed E-state index contributed by atoms with van der Waals surface area (Å²) in [5.41, 5.74) is 0.781. The molecule has 4 heteroatoms. The highest BCUT2D eigenvalue weighted by Crippen LogP contribution is 2.29. The molecule has 0 amide bonds. The SMILES string of the molecule is CC(C)(CCc1ccc(Cl)cc1Cl)CC(=O)O. The molecule has 0 aliphatic carbocycles. The zero-order chi connectivity index (χ0) is 13.1. The van der Waals surface area contributed by atoms with Crippen molar-refractivity contribution < 1.29 is 9.90 Å². The number of carboxylic acids is 1. The second kappa shape index (κ2) is 5.74. The fourth-order valence-electron chi connectivity index (χ4n) is 1.70. The fourth-order valence-corrected chi connectivity index (χ4v) is 2.20. The highest BCUT2D eigenvalue weighted by Gasteiger charge is 2.21. The van der Waals surface area contributed by atoms with Gasteiger partial charge in [-0.25, -0.2) is 0 Å². The standard InChI is InChI=1S/C13H16Cl2O2/c1-13(2,8-12(16)17)6-5-9-3-4-10(14)7-11(9)15/h3-4,7H,5-6,8H2,1-2H3,(H,16,17). The van der Waals surface area contributed by atoms with E-state index in [2.05, 4.69) is 0 Å². The number of carboxylic acid groups (broad SMARTS) is 1. The number of carbonyl (C=O) groups is 1. The van der Waals surface area contributed by atoms with Crippen LogP contribution in [0.4, 0.5) is 0 Å². The van der Waals surface area contributed by atoms with E-state index in [9.17, 15) is 4.79 Å². The summed E-state index contributed by atoms with van der Waals surface area (Å²) in [6.07, 6.45) is 1.70. The number of benzene rings is 1. The average molecular weight is 275 g/mol. The molecule has 0 atom stereocenters. The van der Waals surface area contributed by atoms with Crippen LogP contribution in [0.2, 0.25) is 10.0 Å². The Hall–Kier alpha value is -0.730. The smallest absolute Gasteiger partial charge is 0.303 e. The van der Waals surface area contributed by atoms with E-state index in [1.54, 1.807) is 12.1 Å². The van der Waals surface area contributed by atoms with Crippen molar-refractivity contribution in [3.8, 4) is 0 Å². The van der Waals surface area contributed by atoms with Crippen molar-refractivity contribution >= 4 is 29.2 Å². The van der Waals surface area contributed by atoms with Crippen molar-refractivity contribution in [2.75, 3.05) is 0 Å². The number of rotatable bonds is 5. The Morgan fingerprint density at radius 1 is 1.35 bits per heavy atom. The van der Waals surface area contributed by atoms with Crippen LogP contribution in [0.5, 0.6) is 0 Å². The summed E-state index contributed by atoms with van der Waals surface area (Å²) in [4.78, 5) is 10.7. The van der Waals surface area contributed by atoms with Crippen molar-refractivity contribution in [3.05, 3.63) is 33.8 Å². The van der Waals surface area contributed by atoms with Gasteiger partial charge in [-0.3, -0.25) is 4.79 Å². The first-order valence-electron chi connectivity index (χ1n) is 5.46. The maximum Gasteiger partial charge on any atom is 0.303 e. The van der Waals surface area contributed by atoms with E-state index in [0.29, 0.717) is 10.0 Å². The molecule has 1 N–H and O–H groups in total. The molecule has 0 radical (unpaired) electrons. The van der Waals surface area contributed by atoms with Gasteiger partial charge < -0.3 is 5.11 Å². The molecule has 2 nitrogen and oxygen atoms in total. The summed E-state index contributed by atoms with van der Waals surface area (Å²) < 4.78 is 0. The Morgan fingerprint density at radius 2 is 2.00 bits per heavy atom. The Morgan fingerprint density at radius 3 is 2.53 bits per heavy atom. The number of aryl methyl sites for hydroxylation is 1. The number of aliphatic carboxylic acids is 1. The van der Waals surface area contributed by atoms with Gasteiger partial charge in [-0.1, -0.05) is 43.1 Å². The van der Waals surface area contributed by atoms with E-state index in [1.807, 2.05) is 19.9 Å². The second-order valence-corrected chi connectivity index (χ2v) is 5.81. The van der Waals surface area contributed by atoms with Crippen LogP contribution in [-0.2, 0) is 11.2 Å². The third-order valence-corrected chi connectivity index (χ3v) is 3.30. The Labute approximate surface area is 112 Å². The molecule has 1 aromatic carbocycles. The van der Waals surface area contributed by atoms with E-state index in [4.69, 9.17) is 28.3 Å². The molecule has 0 aliphatic heterocycles. The topological polar surface area (TPSA) is 37.3 Å². The highest BCUT2D eigenvalue weighted by molar-refractivity contribution is 6.35. The van der Waals surface area contributed by atoms with Crippen LogP contribution in [0.1, 0.15) is 32.3 Å². The lowest BCUT2D eigenvalue weighted by molar-refractivity contribution is -0.139. The minimum Gasteiger partial charge on any atom is -0.481 e. The van der Waals surface area contributed by atoms with Crippen LogP contribution in [0.3, 0.4) is 0 Å². The highest BCUT2D eigenvalue weighted by atomic mass is 35.5. The maximum atomic E-state index is 10.7. The molecule has 0 unspecified atom stereocenters. The van der Waals surface area contributed by atoms with Gasteiger partial charge in [0.25, 0.3) is 0 Å². The zero-order valence-electron chi connectivity index (χ0n) is 9.96. The molecule has 94 valence electrons. The summed E-state index contributed by atoms with van der Waals surface area (Å²) in [7, 11) is 0. The molecular formula is C13H16Cl2O2. The molecule has 0 fully saturated rings. The molecule has 0 heterocycles. The van der Waals surface area contributed by atoms with Gasteiger partial charge in [-0.15, -0.1) is 0 Å². The van der Waals surface area contributed by atoms with Gasteiger partial charge in [-0.05, 0) is 36.0 Å². The van der Waals surface area contributed by atoms with Crippen molar-refractivity contribution in [2.24, 2.45) is 5.41 Å². The monoisotopic (exact) mass is 274 g/mol. The summed E-state index contributed by atoms with van der Waals surface area (Å²) >= 11 is 11.9. The second-order valence-electron chi connectivity index (χ2n) is 4.97. The van der Waals surface area contributed by atoms with Crippen molar-refractivity contribution in [3.63, 3.8) is 0 Å². The van der Waals surface area contributed by atoms with Gasteiger partial charge in [0.15, 0.2) is 0 Å². The van der Waals surface area contributed by atoms with E-state index in [0.717, 1.165) is 18.4 Å². The fraction of sp³-hybridized carbons (Fsp3) is 0.462. The number of hydrogen-bond acceptors (Lipinski definition) is 1. The van der Waals surface area contributed by atoms with E-state index >= 15 is 0 Å². The summed E-state index contributed by atoms with van der Waals surface area (Å²) in [6, 6.07) is 5.40. The third kappa shape index (κ3) is 4.97. The lowest BCUT2D eigenvalue weighted by Gasteiger charge is -2.22. The zero-order valence-corrected chi connectivity index (χ0v) is 11.5. The summed E-state index contributed by atoms with van der Waals surface area (Å²) in [6.45, 7) is 3.90. The summed E-state index contributed by atoms with van der Waals surface area (Å²) in [5, 5.41) is 10.1. The molecule has 0 spiro atoms. The minimum absolute atomic E-state index is 0.165. The Bertz CT molecular complexity index is 414. The minimum atomic E-state index is -0.766. The number of hydrogen-bond donors (Lipinski definition) is 1. The molecule has 0 aliphatic rings. The van der Waals surface area contributed by atoms with Crippen molar-refractivity contribution in [1.29, 1.82) is 0 Å². The first kappa shape index (κ1) is 14.3. The van der Waals surface area contributed by atoms with Crippen LogP contribution < -0.4 is 0 Å². The predicted octanol–water partition coefficient (Wildman–Crippen LogP) is 4.43. The van der Waals surface area contributed by atoms with Gasteiger partial charge in [0, 0.05) is 10.0 Å². The largest absolute Gasteiger partial charge is 0.481 e. The van der Waals surface area contributed by atoms with Gasteiger partial charge in [0.1, 0.15) is 0 Å². The molecule has 0 saturated carbocycles. The van der Waals surface area contributed by atoms with E-state index in [-0.39, 0.29) is 11.8 Å². The lowest BCUT2D eigenvalue weighted by Crippen LogP contribution is -2.17. The predicted molar refractivity (Wildman–Crippen MR) is 70.8 cm³/mol.